The summed E-state index contributed by atoms with van der Waals surface area (Å²) in [5.74, 6) is 1.58. The lowest BCUT2D eigenvalue weighted by molar-refractivity contribution is -0.133. The van der Waals surface area contributed by atoms with Crippen LogP contribution < -0.4 is 9.47 Å². The minimum Gasteiger partial charge on any atom is -0.454 e. The molecule has 0 aromatic heterocycles. The van der Waals surface area contributed by atoms with Crippen molar-refractivity contribution >= 4 is 5.91 Å². The number of hydrogen-bond acceptors (Lipinski definition) is 5. The lowest BCUT2D eigenvalue weighted by atomic mass is 9.84. The van der Waals surface area contributed by atoms with E-state index in [1.807, 2.05) is 36.9 Å². The second-order valence-electron chi connectivity index (χ2n) is 6.44. The molecular weight excluding hydrogens is 308 g/mol. The number of fused-ring (bicyclic) bond motifs is 1. The molecule has 6 nitrogen and oxygen atoms in total. The normalized spacial score (nSPS) is 19.3. The SMILES string of the molecule is CCN(CC)C(=O)CN1CCC(O)(c2ccc3c(c2)OCO3)CC1. The van der Waals surface area contributed by atoms with Crippen LogP contribution in [0.25, 0.3) is 0 Å². The third-order valence-corrected chi connectivity index (χ3v) is 5.07. The van der Waals surface area contributed by atoms with E-state index < -0.39 is 5.60 Å². The molecule has 1 aromatic rings. The molecular formula is C18H26N2O4. The average Bonchev–Trinajstić information content (AvgIpc) is 3.06. The molecule has 6 heteroatoms. The Balaban J connectivity index is 1.60. The molecule has 24 heavy (non-hydrogen) atoms. The van der Waals surface area contributed by atoms with Gasteiger partial charge in [-0.3, -0.25) is 9.69 Å². The molecule has 0 radical (unpaired) electrons. The van der Waals surface area contributed by atoms with Gasteiger partial charge in [0, 0.05) is 26.2 Å². The van der Waals surface area contributed by atoms with E-state index in [4.69, 9.17) is 9.47 Å². The predicted octanol–water partition coefficient (Wildman–Crippen LogP) is 1.57. The van der Waals surface area contributed by atoms with Crippen LogP contribution in [-0.2, 0) is 10.4 Å². The third kappa shape index (κ3) is 3.35. The fraction of sp³-hybridized carbons (Fsp3) is 0.611. The quantitative estimate of drug-likeness (QED) is 0.886. The summed E-state index contributed by atoms with van der Waals surface area (Å²) in [6.07, 6.45) is 1.22. The molecule has 1 fully saturated rings. The summed E-state index contributed by atoms with van der Waals surface area (Å²) in [5, 5.41) is 11.0. The summed E-state index contributed by atoms with van der Waals surface area (Å²) in [4.78, 5) is 16.2. The maximum absolute atomic E-state index is 12.2. The molecule has 2 aliphatic heterocycles. The Morgan fingerprint density at radius 3 is 2.54 bits per heavy atom. The van der Waals surface area contributed by atoms with Gasteiger partial charge in [0.15, 0.2) is 11.5 Å². The molecule has 0 saturated carbocycles. The molecule has 1 N–H and O–H groups in total. The fourth-order valence-corrected chi connectivity index (χ4v) is 3.42. The van der Waals surface area contributed by atoms with E-state index in [9.17, 15) is 9.90 Å². The maximum atomic E-state index is 12.2. The molecule has 2 heterocycles. The number of hydrogen-bond donors (Lipinski definition) is 1. The second kappa shape index (κ2) is 6.99. The van der Waals surface area contributed by atoms with E-state index >= 15 is 0 Å². The Kier molecular flexibility index (Phi) is 4.96. The van der Waals surface area contributed by atoms with Crippen LogP contribution in [-0.4, -0.2) is 60.3 Å². The number of nitrogens with zero attached hydrogens (tertiary/aromatic N) is 2. The monoisotopic (exact) mass is 334 g/mol. The number of likely N-dealkylation sites (tertiary alicyclic amines) is 1. The Hall–Kier alpha value is -1.79. The first-order valence-corrected chi connectivity index (χ1v) is 8.68. The number of piperidine rings is 1. The highest BCUT2D eigenvalue weighted by molar-refractivity contribution is 5.78. The predicted molar refractivity (Wildman–Crippen MR) is 90.1 cm³/mol. The molecule has 0 spiro atoms. The Morgan fingerprint density at radius 1 is 1.21 bits per heavy atom. The van der Waals surface area contributed by atoms with Gasteiger partial charge in [-0.1, -0.05) is 6.07 Å². The van der Waals surface area contributed by atoms with Gasteiger partial charge < -0.3 is 19.5 Å². The van der Waals surface area contributed by atoms with E-state index in [0.717, 1.165) is 24.4 Å². The molecule has 1 saturated heterocycles. The van der Waals surface area contributed by atoms with Crippen LogP contribution in [0.15, 0.2) is 18.2 Å². The molecule has 0 unspecified atom stereocenters. The first-order valence-electron chi connectivity index (χ1n) is 8.68. The number of amides is 1. The van der Waals surface area contributed by atoms with Crippen LogP contribution in [0.2, 0.25) is 0 Å². The minimum absolute atomic E-state index is 0.161. The zero-order chi connectivity index (χ0) is 17.2. The smallest absolute Gasteiger partial charge is 0.236 e. The lowest BCUT2D eigenvalue weighted by Crippen LogP contribution is -2.47. The van der Waals surface area contributed by atoms with Crippen molar-refractivity contribution in [2.24, 2.45) is 0 Å². The minimum atomic E-state index is -0.865. The van der Waals surface area contributed by atoms with Crippen LogP contribution in [0.1, 0.15) is 32.3 Å². The molecule has 1 aromatic carbocycles. The Bertz CT molecular complexity index is 593. The average molecular weight is 334 g/mol. The number of carbonyl (C=O) groups is 1. The van der Waals surface area contributed by atoms with Crippen molar-refractivity contribution in [2.45, 2.75) is 32.3 Å². The summed E-state index contributed by atoms with van der Waals surface area (Å²) in [5.41, 5.74) is -0.00288. The standard InChI is InChI=1S/C18H26N2O4/c1-3-20(4-2)17(21)12-19-9-7-18(22,8-10-19)14-5-6-15-16(11-14)24-13-23-15/h5-6,11,22H,3-4,7-10,12-13H2,1-2H3. The summed E-state index contributed by atoms with van der Waals surface area (Å²) in [6, 6.07) is 5.63. The van der Waals surface area contributed by atoms with Gasteiger partial charge in [0.05, 0.1) is 12.1 Å². The van der Waals surface area contributed by atoms with E-state index in [2.05, 4.69) is 4.90 Å². The van der Waals surface area contributed by atoms with E-state index in [0.29, 0.717) is 38.2 Å². The van der Waals surface area contributed by atoms with Crippen LogP contribution in [0.5, 0.6) is 11.5 Å². The van der Waals surface area contributed by atoms with Gasteiger partial charge in [-0.25, -0.2) is 0 Å². The van der Waals surface area contributed by atoms with Crippen molar-refractivity contribution in [2.75, 3.05) is 39.5 Å². The summed E-state index contributed by atoms with van der Waals surface area (Å²) in [7, 11) is 0. The molecule has 1 amide bonds. The number of rotatable bonds is 5. The number of carbonyl (C=O) groups excluding carboxylic acids is 1. The van der Waals surface area contributed by atoms with Crippen LogP contribution in [0.4, 0.5) is 0 Å². The van der Waals surface area contributed by atoms with Crippen LogP contribution in [0.3, 0.4) is 0 Å². The van der Waals surface area contributed by atoms with Crippen molar-refractivity contribution in [1.82, 2.24) is 9.80 Å². The summed E-state index contributed by atoms with van der Waals surface area (Å²) in [6.45, 7) is 7.55. The largest absolute Gasteiger partial charge is 0.454 e. The lowest BCUT2D eigenvalue weighted by Gasteiger charge is -2.38. The molecule has 0 bridgehead atoms. The van der Waals surface area contributed by atoms with Gasteiger partial charge in [0.2, 0.25) is 12.7 Å². The Labute approximate surface area is 143 Å². The topological polar surface area (TPSA) is 62.2 Å². The van der Waals surface area contributed by atoms with Crippen LogP contribution >= 0.6 is 0 Å². The number of ether oxygens (including phenoxy) is 2. The van der Waals surface area contributed by atoms with Crippen molar-refractivity contribution < 1.29 is 19.4 Å². The molecule has 2 aliphatic rings. The van der Waals surface area contributed by atoms with Crippen molar-refractivity contribution in [1.29, 1.82) is 0 Å². The highest BCUT2D eigenvalue weighted by atomic mass is 16.7. The molecule has 0 aliphatic carbocycles. The highest BCUT2D eigenvalue weighted by Crippen LogP contribution is 2.39. The number of aliphatic hydroxyl groups is 1. The molecule has 132 valence electrons. The van der Waals surface area contributed by atoms with Gasteiger partial charge >= 0.3 is 0 Å². The third-order valence-electron chi connectivity index (χ3n) is 5.07. The van der Waals surface area contributed by atoms with Crippen LogP contribution in [0, 0.1) is 0 Å². The van der Waals surface area contributed by atoms with Gasteiger partial charge in [0.25, 0.3) is 0 Å². The van der Waals surface area contributed by atoms with Gasteiger partial charge in [0.1, 0.15) is 0 Å². The van der Waals surface area contributed by atoms with Gasteiger partial charge in [-0.2, -0.15) is 0 Å². The first-order chi connectivity index (χ1) is 11.6. The molecule has 0 atom stereocenters. The number of likely N-dealkylation sites (N-methyl/N-ethyl adjacent to an activating group) is 1. The van der Waals surface area contributed by atoms with Crippen molar-refractivity contribution in [3.63, 3.8) is 0 Å². The summed E-state index contributed by atoms with van der Waals surface area (Å²) < 4.78 is 10.7. The molecule has 3 rings (SSSR count). The highest BCUT2D eigenvalue weighted by Gasteiger charge is 2.35. The first kappa shape index (κ1) is 17.0. The zero-order valence-corrected chi connectivity index (χ0v) is 14.5. The van der Waals surface area contributed by atoms with E-state index in [-0.39, 0.29) is 12.7 Å². The Morgan fingerprint density at radius 2 is 1.88 bits per heavy atom. The van der Waals surface area contributed by atoms with Crippen molar-refractivity contribution in [3.05, 3.63) is 23.8 Å². The van der Waals surface area contributed by atoms with Gasteiger partial charge in [-0.05, 0) is 44.4 Å². The number of benzene rings is 1. The maximum Gasteiger partial charge on any atom is 0.236 e. The second-order valence-corrected chi connectivity index (χ2v) is 6.44. The van der Waals surface area contributed by atoms with Crippen molar-refractivity contribution in [3.8, 4) is 11.5 Å². The van der Waals surface area contributed by atoms with E-state index in [1.165, 1.54) is 0 Å². The summed E-state index contributed by atoms with van der Waals surface area (Å²) >= 11 is 0. The van der Waals surface area contributed by atoms with E-state index in [1.54, 1.807) is 0 Å². The van der Waals surface area contributed by atoms with Gasteiger partial charge in [-0.15, -0.1) is 0 Å². The zero-order valence-electron chi connectivity index (χ0n) is 14.5. The fourth-order valence-electron chi connectivity index (χ4n) is 3.42.